The molecule has 0 atom stereocenters. The standard InChI is InChI=1S/C13H11N5O2/c1-7-3-2-4-9(13(19)20)10(7)8-5-6-15-12-11(8)16-17-18(12)14/h2-6H,14H2,1H3,(H,19,20). The van der Waals surface area contributed by atoms with E-state index >= 15 is 0 Å². The quantitative estimate of drug-likeness (QED) is 0.677. The molecule has 0 aliphatic carbocycles. The number of hydrogen-bond acceptors (Lipinski definition) is 5. The summed E-state index contributed by atoms with van der Waals surface area (Å²) in [6.45, 7) is 1.85. The molecule has 0 unspecified atom stereocenters. The highest BCUT2D eigenvalue weighted by molar-refractivity contribution is 6.01. The highest BCUT2D eigenvalue weighted by Gasteiger charge is 2.18. The Balaban J connectivity index is 2.40. The second-order valence-electron chi connectivity index (χ2n) is 4.37. The third-order valence-corrected chi connectivity index (χ3v) is 3.14. The lowest BCUT2D eigenvalue weighted by Gasteiger charge is -2.10. The number of aromatic nitrogens is 4. The average Bonchev–Trinajstić information content (AvgIpc) is 2.80. The largest absolute Gasteiger partial charge is 0.478 e. The molecule has 3 N–H and O–H groups in total. The van der Waals surface area contributed by atoms with E-state index in [2.05, 4.69) is 15.3 Å². The first kappa shape index (κ1) is 12.1. The summed E-state index contributed by atoms with van der Waals surface area (Å²) in [6.07, 6.45) is 1.56. The number of aryl methyl sites for hydroxylation is 1. The summed E-state index contributed by atoms with van der Waals surface area (Å²) in [7, 11) is 0. The normalized spacial score (nSPS) is 10.8. The van der Waals surface area contributed by atoms with Crippen molar-refractivity contribution >= 4 is 17.1 Å². The Morgan fingerprint density at radius 3 is 2.90 bits per heavy atom. The average molecular weight is 269 g/mol. The molecule has 3 rings (SSSR count). The number of carboxylic acid groups (broad SMARTS) is 1. The number of fused-ring (bicyclic) bond motifs is 1. The zero-order valence-electron chi connectivity index (χ0n) is 10.6. The second-order valence-corrected chi connectivity index (χ2v) is 4.37. The van der Waals surface area contributed by atoms with Crippen LogP contribution in [0.5, 0.6) is 0 Å². The third kappa shape index (κ3) is 1.68. The fraction of sp³-hybridized carbons (Fsp3) is 0.0769. The second kappa shape index (κ2) is 4.30. The van der Waals surface area contributed by atoms with E-state index in [1.807, 2.05) is 13.0 Å². The van der Waals surface area contributed by atoms with Crippen molar-refractivity contribution < 1.29 is 9.90 Å². The molecule has 7 heteroatoms. The van der Waals surface area contributed by atoms with Crippen molar-refractivity contribution in [1.82, 2.24) is 20.1 Å². The molecule has 0 fully saturated rings. The number of carboxylic acids is 1. The number of nitrogen functional groups attached to an aromatic ring is 1. The van der Waals surface area contributed by atoms with Gasteiger partial charge in [0.15, 0.2) is 0 Å². The molecule has 7 nitrogen and oxygen atoms in total. The van der Waals surface area contributed by atoms with Crippen molar-refractivity contribution in [2.45, 2.75) is 6.92 Å². The Morgan fingerprint density at radius 2 is 2.15 bits per heavy atom. The van der Waals surface area contributed by atoms with E-state index in [-0.39, 0.29) is 5.56 Å². The summed E-state index contributed by atoms with van der Waals surface area (Å²) < 4.78 is 0. The van der Waals surface area contributed by atoms with Crippen LogP contribution in [0.15, 0.2) is 30.5 Å². The Hall–Kier alpha value is -2.96. The number of pyridine rings is 1. The Kier molecular flexibility index (Phi) is 2.60. The molecule has 2 aromatic heterocycles. The van der Waals surface area contributed by atoms with Crippen molar-refractivity contribution in [3.8, 4) is 11.1 Å². The number of nitrogens with two attached hydrogens (primary N) is 1. The van der Waals surface area contributed by atoms with Crippen LogP contribution in [-0.2, 0) is 0 Å². The van der Waals surface area contributed by atoms with Crippen LogP contribution in [-0.4, -0.2) is 31.2 Å². The van der Waals surface area contributed by atoms with Crippen molar-refractivity contribution in [2.75, 3.05) is 5.84 Å². The molecule has 3 aromatic rings. The fourth-order valence-corrected chi connectivity index (χ4v) is 2.25. The molecule has 0 bridgehead atoms. The monoisotopic (exact) mass is 269 g/mol. The summed E-state index contributed by atoms with van der Waals surface area (Å²) in [5.74, 6) is 4.63. The SMILES string of the molecule is Cc1cccc(C(=O)O)c1-c1ccnc2c1nnn2N. The number of aromatic carboxylic acids is 1. The predicted molar refractivity (Wildman–Crippen MR) is 72.6 cm³/mol. The molecule has 0 saturated heterocycles. The summed E-state index contributed by atoms with van der Waals surface area (Å²) in [6, 6.07) is 6.83. The summed E-state index contributed by atoms with van der Waals surface area (Å²) in [4.78, 5) is 16.6. The fourth-order valence-electron chi connectivity index (χ4n) is 2.25. The summed E-state index contributed by atoms with van der Waals surface area (Å²) in [5.41, 5.74) is 3.19. The number of benzene rings is 1. The first-order valence-electron chi connectivity index (χ1n) is 5.88. The zero-order valence-corrected chi connectivity index (χ0v) is 10.6. The topological polar surface area (TPSA) is 107 Å². The molecule has 0 aliphatic rings. The van der Waals surface area contributed by atoms with E-state index in [4.69, 9.17) is 5.84 Å². The van der Waals surface area contributed by atoms with Gasteiger partial charge in [-0.3, -0.25) is 0 Å². The van der Waals surface area contributed by atoms with Crippen molar-refractivity contribution in [1.29, 1.82) is 0 Å². The first-order chi connectivity index (χ1) is 9.59. The molecule has 0 spiro atoms. The molecular weight excluding hydrogens is 258 g/mol. The Morgan fingerprint density at radius 1 is 1.35 bits per heavy atom. The van der Waals surface area contributed by atoms with Crippen molar-refractivity contribution in [3.63, 3.8) is 0 Å². The molecule has 20 heavy (non-hydrogen) atoms. The van der Waals surface area contributed by atoms with Gasteiger partial charge in [0.1, 0.15) is 5.52 Å². The van der Waals surface area contributed by atoms with Crippen LogP contribution in [0.25, 0.3) is 22.3 Å². The van der Waals surface area contributed by atoms with E-state index in [0.29, 0.717) is 22.3 Å². The first-order valence-corrected chi connectivity index (χ1v) is 5.88. The van der Waals surface area contributed by atoms with Crippen molar-refractivity contribution in [2.24, 2.45) is 0 Å². The van der Waals surface area contributed by atoms with Crippen LogP contribution < -0.4 is 5.84 Å². The molecule has 0 amide bonds. The zero-order chi connectivity index (χ0) is 14.3. The van der Waals surface area contributed by atoms with Gasteiger partial charge >= 0.3 is 5.97 Å². The number of carbonyl (C=O) groups is 1. The van der Waals surface area contributed by atoms with E-state index in [1.165, 1.54) is 0 Å². The van der Waals surface area contributed by atoms with Crippen LogP contribution in [0.3, 0.4) is 0 Å². The molecule has 0 aliphatic heterocycles. The Bertz CT molecular complexity index is 825. The highest BCUT2D eigenvalue weighted by atomic mass is 16.4. The minimum atomic E-state index is -0.992. The number of nitrogens with zero attached hydrogens (tertiary/aromatic N) is 4. The smallest absolute Gasteiger partial charge is 0.336 e. The van der Waals surface area contributed by atoms with E-state index < -0.39 is 5.97 Å². The highest BCUT2D eigenvalue weighted by Crippen LogP contribution is 2.31. The van der Waals surface area contributed by atoms with Crippen LogP contribution >= 0.6 is 0 Å². The summed E-state index contributed by atoms with van der Waals surface area (Å²) in [5, 5.41) is 17.0. The van der Waals surface area contributed by atoms with Crippen LogP contribution in [0, 0.1) is 6.92 Å². The maximum atomic E-state index is 11.4. The van der Waals surface area contributed by atoms with Crippen LogP contribution in [0.2, 0.25) is 0 Å². The number of hydrogen-bond donors (Lipinski definition) is 2. The minimum Gasteiger partial charge on any atom is -0.478 e. The maximum absolute atomic E-state index is 11.4. The van der Waals surface area contributed by atoms with Gasteiger partial charge in [-0.15, -0.1) is 9.89 Å². The van der Waals surface area contributed by atoms with Crippen molar-refractivity contribution in [3.05, 3.63) is 41.6 Å². The lowest BCUT2D eigenvalue weighted by Crippen LogP contribution is -2.10. The van der Waals surface area contributed by atoms with Gasteiger partial charge in [-0.25, -0.2) is 9.78 Å². The summed E-state index contributed by atoms with van der Waals surface area (Å²) >= 11 is 0. The molecule has 0 radical (unpaired) electrons. The van der Waals surface area contributed by atoms with Gasteiger partial charge in [-0.05, 0) is 29.8 Å². The van der Waals surface area contributed by atoms with Gasteiger partial charge in [-0.1, -0.05) is 12.1 Å². The molecule has 1 aromatic carbocycles. The van der Waals surface area contributed by atoms with E-state index in [9.17, 15) is 9.90 Å². The lowest BCUT2D eigenvalue weighted by molar-refractivity contribution is 0.0697. The number of rotatable bonds is 2. The minimum absolute atomic E-state index is 0.212. The van der Waals surface area contributed by atoms with E-state index in [1.54, 1.807) is 24.4 Å². The molecule has 0 saturated carbocycles. The predicted octanol–water partition coefficient (Wildman–Crippen LogP) is 1.21. The van der Waals surface area contributed by atoms with Gasteiger partial charge in [0.25, 0.3) is 0 Å². The lowest BCUT2D eigenvalue weighted by atomic mass is 9.95. The van der Waals surface area contributed by atoms with Crippen LogP contribution in [0.1, 0.15) is 15.9 Å². The van der Waals surface area contributed by atoms with Gasteiger partial charge < -0.3 is 10.9 Å². The van der Waals surface area contributed by atoms with Gasteiger partial charge in [0.2, 0.25) is 5.65 Å². The van der Waals surface area contributed by atoms with E-state index in [0.717, 1.165) is 10.4 Å². The van der Waals surface area contributed by atoms with Gasteiger partial charge in [0, 0.05) is 17.3 Å². The third-order valence-electron chi connectivity index (χ3n) is 3.14. The van der Waals surface area contributed by atoms with Gasteiger partial charge in [-0.2, -0.15) is 0 Å². The van der Waals surface area contributed by atoms with Gasteiger partial charge in [0.05, 0.1) is 5.56 Å². The maximum Gasteiger partial charge on any atom is 0.336 e. The molecule has 2 heterocycles. The Labute approximate surface area is 113 Å². The molecular formula is C13H11N5O2. The van der Waals surface area contributed by atoms with Crippen LogP contribution in [0.4, 0.5) is 0 Å². The molecule has 100 valence electrons.